The average molecular weight is 651 g/mol. The van der Waals surface area contributed by atoms with Gasteiger partial charge in [0.2, 0.25) is 0 Å². The molecule has 3 fully saturated rings. The van der Waals surface area contributed by atoms with Gasteiger partial charge in [0.25, 0.3) is 0 Å². The van der Waals surface area contributed by atoms with Crippen LogP contribution in [0, 0.1) is 16.7 Å². The highest BCUT2D eigenvalue weighted by Gasteiger charge is 2.79. The Kier molecular flexibility index (Phi) is 8.16. The summed E-state index contributed by atoms with van der Waals surface area (Å²) in [7, 11) is 0. The Morgan fingerprint density at radius 2 is 1.47 bits per heavy atom. The molecule has 2 saturated carbocycles. The number of esters is 3. The number of carbonyl (C=O) groups excluding carboxylic acids is 3. The second-order valence-electron chi connectivity index (χ2n) is 14.1. The van der Waals surface area contributed by atoms with Crippen molar-refractivity contribution in [3.63, 3.8) is 0 Å². The van der Waals surface area contributed by atoms with Gasteiger partial charge in [-0.15, -0.1) is 0 Å². The quantitative estimate of drug-likeness (QED) is 0.206. The van der Waals surface area contributed by atoms with E-state index >= 15 is 0 Å². The lowest BCUT2D eigenvalue weighted by atomic mass is 9.49. The summed E-state index contributed by atoms with van der Waals surface area (Å²) in [6.45, 7) is 7.28. The van der Waals surface area contributed by atoms with Crippen molar-refractivity contribution in [2.45, 2.75) is 95.3 Å². The highest BCUT2D eigenvalue weighted by atomic mass is 16.6. The Morgan fingerprint density at radius 3 is 1.96 bits per heavy atom. The van der Waals surface area contributed by atoms with Crippen LogP contribution in [0.25, 0.3) is 0 Å². The first-order valence-corrected chi connectivity index (χ1v) is 15.9. The predicted octanol–water partition coefficient (Wildman–Crippen LogP) is 2.74. The number of benzene rings is 2. The van der Waals surface area contributed by atoms with Gasteiger partial charge in [-0.25, -0.2) is 9.59 Å². The molecule has 1 saturated heterocycles. The van der Waals surface area contributed by atoms with Gasteiger partial charge in [0.05, 0.1) is 46.9 Å². The van der Waals surface area contributed by atoms with E-state index in [1.807, 2.05) is 0 Å². The minimum atomic E-state index is -1.79. The maximum Gasteiger partial charge on any atom is 0.338 e. The number of hydrogen-bond acceptors (Lipinski definition) is 11. The van der Waals surface area contributed by atoms with Crippen LogP contribution in [-0.4, -0.2) is 92.8 Å². The first-order valence-electron chi connectivity index (χ1n) is 15.9. The fourth-order valence-electron chi connectivity index (χ4n) is 8.93. The molecule has 2 aromatic rings. The van der Waals surface area contributed by atoms with Crippen molar-refractivity contribution in [2.24, 2.45) is 16.7 Å². The first kappa shape index (κ1) is 33.3. The molecule has 252 valence electrons. The van der Waals surface area contributed by atoms with E-state index in [1.54, 1.807) is 74.5 Å². The largest absolute Gasteiger partial charge is 0.458 e. The molecule has 47 heavy (non-hydrogen) atoms. The molecule has 4 aliphatic rings. The maximum absolute atomic E-state index is 14.0. The van der Waals surface area contributed by atoms with Crippen molar-refractivity contribution in [3.8, 4) is 0 Å². The predicted molar refractivity (Wildman–Crippen MR) is 166 cm³/mol. The zero-order valence-corrected chi connectivity index (χ0v) is 27.1. The zero-order chi connectivity index (χ0) is 34.1. The normalized spacial score (nSPS) is 37.8. The van der Waals surface area contributed by atoms with Crippen LogP contribution in [0.3, 0.4) is 0 Å². The number of rotatable bonds is 6. The zero-order valence-electron chi connectivity index (χ0n) is 27.1. The van der Waals surface area contributed by atoms with Crippen molar-refractivity contribution >= 4 is 17.9 Å². The number of aliphatic hydroxyl groups is 4. The number of hydrogen-bond donors (Lipinski definition) is 4. The fourth-order valence-corrected chi connectivity index (χ4v) is 8.93. The minimum absolute atomic E-state index is 0.0157. The monoisotopic (exact) mass is 650 g/mol. The van der Waals surface area contributed by atoms with Gasteiger partial charge < -0.3 is 39.4 Å². The topological polar surface area (TPSA) is 169 Å². The van der Waals surface area contributed by atoms with Gasteiger partial charge in [0.1, 0.15) is 24.4 Å². The first-order chi connectivity index (χ1) is 22.1. The molecule has 0 bridgehead atoms. The van der Waals surface area contributed by atoms with E-state index in [2.05, 4.69) is 0 Å². The van der Waals surface area contributed by atoms with Gasteiger partial charge in [-0.1, -0.05) is 43.3 Å². The number of ether oxygens (including phenoxy) is 4. The summed E-state index contributed by atoms with van der Waals surface area (Å²) in [5.74, 6) is -3.35. The Labute approximate surface area is 273 Å². The molecule has 6 rings (SSSR count). The van der Waals surface area contributed by atoms with Gasteiger partial charge in [0.15, 0.2) is 5.60 Å². The van der Waals surface area contributed by atoms with Crippen LogP contribution < -0.4 is 0 Å². The molecule has 1 aliphatic heterocycles. The van der Waals surface area contributed by atoms with Crippen LogP contribution in [0.15, 0.2) is 71.8 Å². The van der Waals surface area contributed by atoms with Crippen LogP contribution in [0.1, 0.15) is 68.2 Å². The summed E-state index contributed by atoms with van der Waals surface area (Å²) >= 11 is 0. The van der Waals surface area contributed by atoms with Gasteiger partial charge >= 0.3 is 17.9 Å². The Balaban J connectivity index is 1.63. The molecule has 4 N–H and O–H groups in total. The standard InChI is InChI=1S/C36H42O11/c1-19-23(38)17-35(33(3,4)43)26(19)27(39)29(40)34(5)24(45-31(41)21-12-8-6-9-13-21)16-25-36(18-44-25,47-20(2)37)28(34)30(35)46-32(42)22-14-10-7-11-15-22/h6-15,23-25,27-30,38-40,43H,16-18H2,1-5H3/t23-,24-,25+,27+,28?,29-,30?,34+,35-,36-/m0/s1. The number of carbonyl (C=O) groups is 3. The van der Waals surface area contributed by atoms with Crippen LogP contribution >= 0.6 is 0 Å². The average Bonchev–Trinajstić information content (AvgIpc) is 3.28. The van der Waals surface area contributed by atoms with Gasteiger partial charge in [-0.2, -0.15) is 0 Å². The molecule has 2 aromatic carbocycles. The third kappa shape index (κ3) is 4.85. The van der Waals surface area contributed by atoms with Gasteiger partial charge in [-0.05, 0) is 62.6 Å². The second-order valence-corrected chi connectivity index (χ2v) is 14.1. The van der Waals surface area contributed by atoms with E-state index in [-0.39, 0.29) is 36.1 Å². The van der Waals surface area contributed by atoms with E-state index in [0.717, 1.165) is 0 Å². The molecule has 0 aromatic heterocycles. The number of aliphatic hydroxyl groups excluding tert-OH is 3. The third-order valence-corrected chi connectivity index (χ3v) is 11.2. The summed E-state index contributed by atoms with van der Waals surface area (Å²) in [4.78, 5) is 40.4. The van der Waals surface area contributed by atoms with E-state index in [0.29, 0.717) is 5.57 Å². The summed E-state index contributed by atoms with van der Waals surface area (Å²) in [6.07, 6.45) is -8.26. The molecule has 11 nitrogen and oxygen atoms in total. The highest BCUT2D eigenvalue weighted by Crippen LogP contribution is 2.68. The van der Waals surface area contributed by atoms with Crippen molar-refractivity contribution in [3.05, 3.63) is 82.9 Å². The molecule has 0 spiro atoms. The summed E-state index contributed by atoms with van der Waals surface area (Å²) in [5.41, 5.74) is -5.83. The summed E-state index contributed by atoms with van der Waals surface area (Å²) in [6, 6.07) is 16.5. The smallest absolute Gasteiger partial charge is 0.338 e. The van der Waals surface area contributed by atoms with Gasteiger partial charge in [0, 0.05) is 18.8 Å². The van der Waals surface area contributed by atoms with E-state index < -0.39 is 82.5 Å². The SMILES string of the molecule is CC(=O)O[C@@]12CO[C@@H]1C[C@H](OC(=O)c1ccccc1)[C@]1(C)C2C(OC(=O)c2ccccc2)[C@]2(C(C)(C)O)C[C@H](O)C(C)=C2[C@@H](O)[C@@H]1O. The van der Waals surface area contributed by atoms with Crippen molar-refractivity contribution in [2.75, 3.05) is 6.61 Å². The molecule has 11 heteroatoms. The minimum Gasteiger partial charge on any atom is -0.458 e. The molecule has 10 atom stereocenters. The van der Waals surface area contributed by atoms with Crippen molar-refractivity contribution in [1.82, 2.24) is 0 Å². The van der Waals surface area contributed by atoms with Gasteiger partial charge in [-0.3, -0.25) is 4.79 Å². The van der Waals surface area contributed by atoms with Crippen molar-refractivity contribution in [1.29, 1.82) is 0 Å². The highest BCUT2D eigenvalue weighted by molar-refractivity contribution is 5.90. The van der Waals surface area contributed by atoms with E-state index in [4.69, 9.17) is 18.9 Å². The molecule has 0 radical (unpaired) electrons. The Bertz CT molecular complexity index is 1580. The molecular weight excluding hydrogens is 608 g/mol. The van der Waals surface area contributed by atoms with Crippen LogP contribution in [0.5, 0.6) is 0 Å². The molecule has 1 heterocycles. The maximum atomic E-state index is 14.0. The fraction of sp³-hybridized carbons (Fsp3) is 0.528. The summed E-state index contributed by atoms with van der Waals surface area (Å²) < 4.78 is 24.7. The van der Waals surface area contributed by atoms with Crippen LogP contribution in [0.4, 0.5) is 0 Å². The second kappa shape index (κ2) is 11.5. The van der Waals surface area contributed by atoms with Crippen LogP contribution in [0.2, 0.25) is 0 Å². The number of fused-ring (bicyclic) bond motifs is 4. The third-order valence-electron chi connectivity index (χ3n) is 11.2. The molecule has 2 unspecified atom stereocenters. The Morgan fingerprint density at radius 1 is 0.915 bits per heavy atom. The van der Waals surface area contributed by atoms with E-state index in [9.17, 15) is 34.8 Å². The summed E-state index contributed by atoms with van der Waals surface area (Å²) in [5, 5.41) is 48.0. The molecule has 0 amide bonds. The van der Waals surface area contributed by atoms with Crippen molar-refractivity contribution < 1.29 is 53.8 Å². The van der Waals surface area contributed by atoms with Crippen LogP contribution in [-0.2, 0) is 23.7 Å². The Hall–Kier alpha value is -3.61. The van der Waals surface area contributed by atoms with E-state index in [1.165, 1.54) is 20.8 Å². The lowest BCUT2D eigenvalue weighted by Crippen LogP contribution is -2.79. The molecular formula is C36H42O11. The lowest BCUT2D eigenvalue weighted by molar-refractivity contribution is -0.350. The lowest BCUT2D eigenvalue weighted by Gasteiger charge is -2.65. The molecule has 3 aliphatic carbocycles.